The molecule has 0 aliphatic heterocycles. The second-order valence-corrected chi connectivity index (χ2v) is 11.7. The second kappa shape index (κ2) is 6.46. The Morgan fingerprint density at radius 3 is 2.21 bits per heavy atom. The van der Waals surface area contributed by atoms with Crippen molar-refractivity contribution in [2.24, 2.45) is 52.8 Å². The van der Waals surface area contributed by atoms with Gasteiger partial charge in [-0.05, 0) is 107 Å². The summed E-state index contributed by atoms with van der Waals surface area (Å²) in [6, 6.07) is 0. The summed E-state index contributed by atoms with van der Waals surface area (Å²) in [6.45, 7) is 11.2. The van der Waals surface area contributed by atoms with Crippen molar-refractivity contribution in [3.8, 4) is 0 Å². The average molecular weight is 389 g/mol. The largest absolute Gasteiger partial charge is 0.463 e. The van der Waals surface area contributed by atoms with Gasteiger partial charge in [0.2, 0.25) is 0 Å². The first-order chi connectivity index (χ1) is 13.3. The van der Waals surface area contributed by atoms with Gasteiger partial charge < -0.3 is 9.47 Å². The van der Waals surface area contributed by atoms with E-state index >= 15 is 0 Å². The van der Waals surface area contributed by atoms with E-state index in [4.69, 9.17) is 9.47 Å². The highest BCUT2D eigenvalue weighted by atomic mass is 16.6. The summed E-state index contributed by atoms with van der Waals surface area (Å²) in [5.74, 6) is 6.60. The Kier molecular flexibility index (Phi) is 4.48. The SMILES string of the molecule is CCC(C)C(=O)OCC(C)OC(C)(C)C12CC3CC4C5CC(CC41)CC2C5C3. The molecule has 0 aromatic heterocycles. The molecule has 0 amide bonds. The third-order valence-electron chi connectivity index (χ3n) is 10.2. The second-order valence-electron chi connectivity index (χ2n) is 11.7. The number of carbonyl (C=O) groups is 1. The highest BCUT2D eigenvalue weighted by Gasteiger charge is 2.73. The van der Waals surface area contributed by atoms with Gasteiger partial charge in [0.25, 0.3) is 0 Å². The molecule has 3 heteroatoms. The Morgan fingerprint density at radius 1 is 1.00 bits per heavy atom. The van der Waals surface area contributed by atoms with Gasteiger partial charge in [-0.2, -0.15) is 0 Å². The Balaban J connectivity index is 1.34. The molecule has 7 rings (SSSR count). The molecule has 7 fully saturated rings. The quantitative estimate of drug-likeness (QED) is 0.543. The van der Waals surface area contributed by atoms with E-state index < -0.39 is 0 Å². The van der Waals surface area contributed by atoms with E-state index in [9.17, 15) is 4.79 Å². The van der Waals surface area contributed by atoms with Crippen LogP contribution in [-0.2, 0) is 14.3 Å². The smallest absolute Gasteiger partial charge is 0.308 e. The van der Waals surface area contributed by atoms with Crippen LogP contribution in [0.5, 0.6) is 0 Å². The summed E-state index contributed by atoms with van der Waals surface area (Å²) >= 11 is 0. The zero-order valence-electron chi connectivity index (χ0n) is 18.6. The normalized spacial score (nSPS) is 47.4. The number of esters is 1. The van der Waals surface area contributed by atoms with Gasteiger partial charge in [-0.1, -0.05) is 13.8 Å². The summed E-state index contributed by atoms with van der Waals surface area (Å²) in [5, 5.41) is 0. The van der Waals surface area contributed by atoms with Crippen molar-refractivity contribution >= 4 is 5.97 Å². The summed E-state index contributed by atoms with van der Waals surface area (Å²) in [5.41, 5.74) is 0.235. The van der Waals surface area contributed by atoms with Crippen molar-refractivity contribution in [2.75, 3.05) is 6.61 Å². The molecule has 7 saturated carbocycles. The van der Waals surface area contributed by atoms with Crippen molar-refractivity contribution in [3.63, 3.8) is 0 Å². The van der Waals surface area contributed by atoms with Crippen molar-refractivity contribution < 1.29 is 14.3 Å². The van der Waals surface area contributed by atoms with Crippen LogP contribution in [0.4, 0.5) is 0 Å². The zero-order valence-corrected chi connectivity index (χ0v) is 18.6. The standard InChI is InChI=1S/C25H40O3/c1-6-14(2)23(26)27-13-15(3)28-24(4,5)25-12-17-8-19-18-7-16(10-21(19)25)11-22(25)20(18)9-17/h14-22H,6-13H2,1-5H3. The summed E-state index contributed by atoms with van der Waals surface area (Å²) in [7, 11) is 0. The number of rotatable bonds is 7. The number of hydrogen-bond donors (Lipinski definition) is 0. The molecule has 158 valence electrons. The lowest BCUT2D eigenvalue weighted by molar-refractivity contribution is -0.321. The molecule has 0 aromatic carbocycles. The average Bonchev–Trinajstić information content (AvgIpc) is 2.68. The first-order valence-corrected chi connectivity index (χ1v) is 12.1. The number of hydrogen-bond acceptors (Lipinski definition) is 3. The monoisotopic (exact) mass is 388 g/mol. The van der Waals surface area contributed by atoms with Gasteiger partial charge in [-0.3, -0.25) is 4.79 Å². The van der Waals surface area contributed by atoms with Gasteiger partial charge in [0.15, 0.2) is 0 Å². The molecular weight excluding hydrogens is 348 g/mol. The van der Waals surface area contributed by atoms with Crippen LogP contribution in [0.15, 0.2) is 0 Å². The fourth-order valence-electron chi connectivity index (χ4n) is 9.25. The third kappa shape index (κ3) is 2.53. The Hall–Kier alpha value is -0.570. The van der Waals surface area contributed by atoms with E-state index in [2.05, 4.69) is 20.8 Å². The van der Waals surface area contributed by atoms with Crippen molar-refractivity contribution in [1.82, 2.24) is 0 Å². The molecule has 28 heavy (non-hydrogen) atoms. The molecule has 0 saturated heterocycles. The first kappa shape index (κ1) is 19.4. The van der Waals surface area contributed by atoms with Crippen LogP contribution in [0.2, 0.25) is 0 Å². The van der Waals surface area contributed by atoms with Crippen LogP contribution in [0.3, 0.4) is 0 Å². The van der Waals surface area contributed by atoms with Crippen LogP contribution >= 0.6 is 0 Å². The van der Waals surface area contributed by atoms with Crippen molar-refractivity contribution in [3.05, 3.63) is 0 Å². The lowest BCUT2D eigenvalue weighted by Gasteiger charge is -2.77. The molecule has 6 atom stereocenters. The third-order valence-corrected chi connectivity index (χ3v) is 10.2. The zero-order chi connectivity index (χ0) is 19.8. The molecule has 3 nitrogen and oxygen atoms in total. The summed E-state index contributed by atoms with van der Waals surface area (Å²) in [4.78, 5) is 12.1. The van der Waals surface area contributed by atoms with Gasteiger partial charge in [0.05, 0.1) is 17.6 Å². The maximum Gasteiger partial charge on any atom is 0.308 e. The molecule has 7 aliphatic rings. The van der Waals surface area contributed by atoms with Crippen LogP contribution in [0, 0.1) is 52.8 Å². The van der Waals surface area contributed by atoms with E-state index in [1.54, 1.807) is 0 Å². The fourth-order valence-corrected chi connectivity index (χ4v) is 9.25. The molecule has 6 unspecified atom stereocenters. The highest BCUT2D eigenvalue weighted by Crippen LogP contribution is 2.78. The van der Waals surface area contributed by atoms with Gasteiger partial charge >= 0.3 is 5.97 Å². The minimum atomic E-state index is -0.132. The van der Waals surface area contributed by atoms with Gasteiger partial charge in [-0.25, -0.2) is 0 Å². The number of carbonyl (C=O) groups excluding carboxylic acids is 1. The molecular formula is C25H40O3. The van der Waals surface area contributed by atoms with Crippen LogP contribution in [0.25, 0.3) is 0 Å². The molecule has 7 aliphatic carbocycles. The predicted octanol–water partition coefficient (Wildman–Crippen LogP) is 5.47. The van der Waals surface area contributed by atoms with E-state index in [1.807, 2.05) is 13.8 Å². The fraction of sp³-hybridized carbons (Fsp3) is 0.960. The molecule has 0 aromatic rings. The Labute approximate surface area is 171 Å². The predicted molar refractivity (Wildman–Crippen MR) is 110 cm³/mol. The minimum absolute atomic E-state index is 0.0190. The first-order valence-electron chi connectivity index (χ1n) is 12.1. The van der Waals surface area contributed by atoms with E-state index in [0.717, 1.165) is 47.8 Å². The summed E-state index contributed by atoms with van der Waals surface area (Å²) < 4.78 is 12.4. The number of ether oxygens (including phenoxy) is 2. The molecule has 8 bridgehead atoms. The van der Waals surface area contributed by atoms with Crippen molar-refractivity contribution in [1.29, 1.82) is 0 Å². The van der Waals surface area contributed by atoms with Crippen LogP contribution in [0.1, 0.15) is 79.6 Å². The van der Waals surface area contributed by atoms with Gasteiger partial charge in [-0.15, -0.1) is 0 Å². The molecule has 0 radical (unpaired) electrons. The Morgan fingerprint density at radius 2 is 1.61 bits per heavy atom. The van der Waals surface area contributed by atoms with Crippen LogP contribution in [-0.4, -0.2) is 24.3 Å². The van der Waals surface area contributed by atoms with E-state index in [-0.39, 0.29) is 23.6 Å². The van der Waals surface area contributed by atoms with Crippen LogP contribution < -0.4 is 0 Å². The van der Waals surface area contributed by atoms with E-state index in [0.29, 0.717) is 12.0 Å². The maximum atomic E-state index is 12.1. The lowest BCUT2D eigenvalue weighted by Crippen LogP contribution is -2.73. The molecule has 0 N–H and O–H groups in total. The topological polar surface area (TPSA) is 35.5 Å². The lowest BCUT2D eigenvalue weighted by atomic mass is 9.28. The van der Waals surface area contributed by atoms with E-state index in [1.165, 1.54) is 38.5 Å². The van der Waals surface area contributed by atoms with Gasteiger partial charge in [0.1, 0.15) is 6.61 Å². The summed E-state index contributed by atoms with van der Waals surface area (Å²) in [6.07, 6.45) is 9.65. The highest BCUT2D eigenvalue weighted by molar-refractivity contribution is 5.71. The Bertz CT molecular complexity index is 616. The maximum absolute atomic E-state index is 12.1. The molecule has 0 heterocycles. The minimum Gasteiger partial charge on any atom is -0.463 e. The van der Waals surface area contributed by atoms with Crippen molar-refractivity contribution in [2.45, 2.75) is 91.3 Å². The van der Waals surface area contributed by atoms with Gasteiger partial charge in [0, 0.05) is 5.41 Å². The molecule has 0 spiro atoms.